The maximum atomic E-state index is 13.2. The molecule has 2 aromatic carbocycles. The van der Waals surface area contributed by atoms with Crippen LogP contribution in [0.25, 0.3) is 0 Å². The zero-order chi connectivity index (χ0) is 21.6. The van der Waals surface area contributed by atoms with Crippen LogP contribution in [-0.2, 0) is 31.0 Å². The summed E-state index contributed by atoms with van der Waals surface area (Å²) in [4.78, 5) is 38.8. The molecule has 158 valence electrons. The van der Waals surface area contributed by atoms with Crippen molar-refractivity contribution in [3.63, 3.8) is 0 Å². The van der Waals surface area contributed by atoms with E-state index in [9.17, 15) is 18.8 Å². The smallest absolute Gasteiger partial charge is 0.316 e. The maximum Gasteiger partial charge on any atom is 0.316 e. The SMILES string of the molecule is COC(=O)C1(c2ccccc2)CCN(C(=O)CNC(=O)Cc2cccc(F)c2)CC1. The van der Waals surface area contributed by atoms with Crippen molar-refractivity contribution in [3.8, 4) is 0 Å². The molecule has 1 fully saturated rings. The maximum absolute atomic E-state index is 13.2. The number of hydrogen-bond acceptors (Lipinski definition) is 4. The second-order valence-corrected chi connectivity index (χ2v) is 7.40. The van der Waals surface area contributed by atoms with Gasteiger partial charge in [-0.2, -0.15) is 0 Å². The fourth-order valence-electron chi connectivity index (χ4n) is 3.88. The molecule has 0 saturated carbocycles. The molecule has 30 heavy (non-hydrogen) atoms. The van der Waals surface area contributed by atoms with E-state index < -0.39 is 11.2 Å². The number of ether oxygens (including phenoxy) is 1. The van der Waals surface area contributed by atoms with E-state index in [0.29, 0.717) is 31.5 Å². The number of esters is 1. The van der Waals surface area contributed by atoms with Crippen LogP contribution >= 0.6 is 0 Å². The number of methoxy groups -OCH3 is 1. The Hall–Kier alpha value is -3.22. The minimum atomic E-state index is -0.770. The van der Waals surface area contributed by atoms with Crippen molar-refractivity contribution in [1.82, 2.24) is 10.2 Å². The molecule has 0 unspecified atom stereocenters. The number of carbonyl (C=O) groups is 3. The number of nitrogens with one attached hydrogen (secondary N) is 1. The molecule has 0 bridgehead atoms. The lowest BCUT2D eigenvalue weighted by atomic mass is 9.72. The van der Waals surface area contributed by atoms with Crippen LogP contribution in [0.15, 0.2) is 54.6 Å². The van der Waals surface area contributed by atoms with Crippen molar-refractivity contribution in [3.05, 3.63) is 71.5 Å². The van der Waals surface area contributed by atoms with Crippen molar-refractivity contribution in [2.45, 2.75) is 24.7 Å². The van der Waals surface area contributed by atoms with E-state index in [0.717, 1.165) is 5.56 Å². The summed E-state index contributed by atoms with van der Waals surface area (Å²) in [5.41, 5.74) is 0.656. The van der Waals surface area contributed by atoms with Crippen LogP contribution in [0.1, 0.15) is 24.0 Å². The Morgan fingerprint density at radius 3 is 2.40 bits per heavy atom. The fraction of sp³-hybridized carbons (Fsp3) is 0.348. The first kappa shape index (κ1) is 21.5. The second-order valence-electron chi connectivity index (χ2n) is 7.40. The van der Waals surface area contributed by atoms with Gasteiger partial charge in [-0.15, -0.1) is 0 Å². The molecule has 1 saturated heterocycles. The van der Waals surface area contributed by atoms with Crippen LogP contribution in [0.3, 0.4) is 0 Å². The van der Waals surface area contributed by atoms with Crippen molar-refractivity contribution in [1.29, 1.82) is 0 Å². The number of halogens is 1. The zero-order valence-corrected chi connectivity index (χ0v) is 16.9. The van der Waals surface area contributed by atoms with Gasteiger partial charge in [0, 0.05) is 13.1 Å². The number of benzene rings is 2. The number of carbonyl (C=O) groups excluding carboxylic acids is 3. The van der Waals surface area contributed by atoms with Crippen LogP contribution in [0.4, 0.5) is 4.39 Å². The molecule has 1 N–H and O–H groups in total. The van der Waals surface area contributed by atoms with Crippen molar-refractivity contribution in [2.75, 3.05) is 26.7 Å². The van der Waals surface area contributed by atoms with E-state index in [4.69, 9.17) is 4.74 Å². The summed E-state index contributed by atoms with van der Waals surface area (Å²) < 4.78 is 18.3. The molecule has 6 nitrogen and oxygen atoms in total. The summed E-state index contributed by atoms with van der Waals surface area (Å²) in [6.45, 7) is 0.649. The average Bonchev–Trinajstić information content (AvgIpc) is 2.77. The highest BCUT2D eigenvalue weighted by atomic mass is 19.1. The van der Waals surface area contributed by atoms with Crippen LogP contribution in [0.5, 0.6) is 0 Å². The molecule has 0 atom stereocenters. The largest absolute Gasteiger partial charge is 0.468 e. The summed E-state index contributed by atoms with van der Waals surface area (Å²) in [5, 5.41) is 2.59. The summed E-state index contributed by atoms with van der Waals surface area (Å²) >= 11 is 0. The van der Waals surface area contributed by atoms with Gasteiger partial charge < -0.3 is 15.0 Å². The molecular weight excluding hydrogens is 387 g/mol. The average molecular weight is 412 g/mol. The molecule has 1 aliphatic rings. The van der Waals surface area contributed by atoms with Gasteiger partial charge in [0.15, 0.2) is 0 Å². The summed E-state index contributed by atoms with van der Waals surface area (Å²) in [7, 11) is 1.37. The number of likely N-dealkylation sites (tertiary alicyclic amines) is 1. The predicted octanol–water partition coefficient (Wildman–Crippen LogP) is 2.22. The zero-order valence-electron chi connectivity index (χ0n) is 16.9. The highest BCUT2D eigenvalue weighted by Crippen LogP contribution is 2.36. The molecule has 2 amide bonds. The van der Waals surface area contributed by atoms with Gasteiger partial charge in [0.25, 0.3) is 0 Å². The Bertz CT molecular complexity index is 908. The lowest BCUT2D eigenvalue weighted by molar-refractivity contribution is -0.151. The monoisotopic (exact) mass is 412 g/mol. The normalized spacial score (nSPS) is 15.3. The van der Waals surface area contributed by atoms with Gasteiger partial charge in [0.1, 0.15) is 5.82 Å². The third-order valence-corrected chi connectivity index (χ3v) is 5.56. The Labute approximate surface area is 175 Å². The van der Waals surface area contributed by atoms with E-state index >= 15 is 0 Å². The molecule has 7 heteroatoms. The molecule has 0 aromatic heterocycles. The Balaban J connectivity index is 1.55. The highest BCUT2D eigenvalue weighted by molar-refractivity contribution is 5.87. The van der Waals surface area contributed by atoms with Gasteiger partial charge in [-0.25, -0.2) is 4.39 Å². The number of amides is 2. The molecule has 0 spiro atoms. The quantitative estimate of drug-likeness (QED) is 0.739. The molecule has 0 aliphatic carbocycles. The lowest BCUT2D eigenvalue weighted by Gasteiger charge is -2.40. The molecule has 1 heterocycles. The molecule has 1 aliphatic heterocycles. The second kappa shape index (κ2) is 9.52. The van der Waals surface area contributed by atoms with Crippen molar-refractivity contribution < 1.29 is 23.5 Å². The van der Waals surface area contributed by atoms with E-state index in [-0.39, 0.29) is 30.7 Å². The van der Waals surface area contributed by atoms with Gasteiger partial charge in [0.05, 0.1) is 25.5 Å². The van der Waals surface area contributed by atoms with Crippen LogP contribution in [0.2, 0.25) is 0 Å². The number of piperidine rings is 1. The fourth-order valence-corrected chi connectivity index (χ4v) is 3.88. The van der Waals surface area contributed by atoms with Gasteiger partial charge >= 0.3 is 5.97 Å². The third-order valence-electron chi connectivity index (χ3n) is 5.56. The van der Waals surface area contributed by atoms with E-state index in [1.54, 1.807) is 11.0 Å². The van der Waals surface area contributed by atoms with Crippen LogP contribution in [0, 0.1) is 5.82 Å². The van der Waals surface area contributed by atoms with Crippen molar-refractivity contribution >= 4 is 17.8 Å². The van der Waals surface area contributed by atoms with Gasteiger partial charge in [-0.1, -0.05) is 42.5 Å². The minimum Gasteiger partial charge on any atom is -0.468 e. The standard InChI is InChI=1S/C23H25FN2O4/c1-30-22(29)23(18-7-3-2-4-8-18)10-12-26(13-11-23)21(28)16-25-20(27)15-17-6-5-9-19(24)14-17/h2-9,14H,10-13,15-16H2,1H3,(H,25,27). The Morgan fingerprint density at radius 2 is 1.77 bits per heavy atom. The van der Waals surface area contributed by atoms with E-state index in [1.165, 1.54) is 25.3 Å². The van der Waals surface area contributed by atoms with Gasteiger partial charge in [-0.3, -0.25) is 14.4 Å². The summed E-state index contributed by atoms with van der Waals surface area (Å²) in [6, 6.07) is 15.3. The number of hydrogen-bond donors (Lipinski definition) is 1. The first-order chi connectivity index (χ1) is 14.4. The summed E-state index contributed by atoms with van der Waals surface area (Å²) in [5.74, 6) is -1.27. The highest BCUT2D eigenvalue weighted by Gasteiger charge is 2.44. The van der Waals surface area contributed by atoms with Crippen molar-refractivity contribution in [2.24, 2.45) is 0 Å². The first-order valence-electron chi connectivity index (χ1n) is 9.87. The summed E-state index contributed by atoms with van der Waals surface area (Å²) in [6.07, 6.45) is 0.907. The predicted molar refractivity (Wildman–Crippen MR) is 109 cm³/mol. The molecular formula is C23H25FN2O4. The molecule has 3 rings (SSSR count). The van der Waals surface area contributed by atoms with E-state index in [2.05, 4.69) is 5.32 Å². The molecule has 0 radical (unpaired) electrons. The number of nitrogens with zero attached hydrogens (tertiary/aromatic N) is 1. The van der Waals surface area contributed by atoms with Gasteiger partial charge in [-0.05, 0) is 36.1 Å². The van der Waals surface area contributed by atoms with Gasteiger partial charge in [0.2, 0.25) is 11.8 Å². The third kappa shape index (κ3) is 4.84. The Morgan fingerprint density at radius 1 is 1.07 bits per heavy atom. The van der Waals surface area contributed by atoms with Crippen LogP contribution < -0.4 is 5.32 Å². The number of rotatable bonds is 6. The Kier molecular flexibility index (Phi) is 6.82. The van der Waals surface area contributed by atoms with E-state index in [1.807, 2.05) is 30.3 Å². The topological polar surface area (TPSA) is 75.7 Å². The molecule has 2 aromatic rings. The first-order valence-corrected chi connectivity index (χ1v) is 9.87. The minimum absolute atomic E-state index is 0.00446. The van der Waals surface area contributed by atoms with Crippen LogP contribution in [-0.4, -0.2) is 49.4 Å². The lowest BCUT2D eigenvalue weighted by Crippen LogP contribution is -2.51.